The highest BCUT2D eigenvalue weighted by atomic mass is 35.5. The van der Waals surface area contributed by atoms with E-state index in [2.05, 4.69) is 17.2 Å². The lowest BCUT2D eigenvalue weighted by Gasteiger charge is -2.30. The lowest BCUT2D eigenvalue weighted by atomic mass is 9.90. The van der Waals surface area contributed by atoms with Crippen molar-refractivity contribution >= 4 is 23.1 Å². The molecule has 1 aliphatic heterocycles. The number of amides is 1. The molecule has 29 heavy (non-hydrogen) atoms. The van der Waals surface area contributed by atoms with Gasteiger partial charge in [-0.2, -0.15) is 0 Å². The quantitative estimate of drug-likeness (QED) is 0.661. The van der Waals surface area contributed by atoms with E-state index in [4.69, 9.17) is 22.1 Å². The molecule has 4 nitrogen and oxygen atoms in total. The second-order valence-corrected chi connectivity index (χ2v) is 7.44. The molecule has 2 N–H and O–H groups in total. The van der Waals surface area contributed by atoms with Crippen molar-refractivity contribution in [2.75, 3.05) is 7.11 Å². The summed E-state index contributed by atoms with van der Waals surface area (Å²) in [6.45, 7) is 1.43. The molecule has 0 unspecified atom stereocenters. The van der Waals surface area contributed by atoms with Crippen molar-refractivity contribution in [1.29, 1.82) is 0 Å². The van der Waals surface area contributed by atoms with Gasteiger partial charge in [-0.3, -0.25) is 4.79 Å². The van der Waals surface area contributed by atoms with Gasteiger partial charge < -0.3 is 15.4 Å². The van der Waals surface area contributed by atoms with Crippen LogP contribution < -0.4 is 10.5 Å². The topological polar surface area (TPSA) is 55.6 Å². The smallest absolute Gasteiger partial charge is 0.248 e. The SMILES string of the molecule is COc1ccccc1CN1C=C(c2ccc(Cl)cc2)c2cc(C(N)=O)ccc2C1. The van der Waals surface area contributed by atoms with Gasteiger partial charge in [-0.1, -0.05) is 48.0 Å². The molecule has 0 spiro atoms. The third-order valence-corrected chi connectivity index (χ3v) is 5.34. The van der Waals surface area contributed by atoms with Crippen molar-refractivity contribution in [2.24, 2.45) is 5.73 Å². The van der Waals surface area contributed by atoms with Crippen molar-refractivity contribution < 1.29 is 9.53 Å². The number of nitrogens with two attached hydrogens (primary N) is 1. The van der Waals surface area contributed by atoms with Gasteiger partial charge in [-0.25, -0.2) is 0 Å². The number of fused-ring (bicyclic) bond motifs is 1. The molecule has 5 heteroatoms. The number of hydrogen-bond donors (Lipinski definition) is 1. The standard InChI is InChI=1S/C24H21ClN2O2/c1-29-23-5-3-2-4-19(23)14-27-13-18-7-6-17(24(26)28)12-21(18)22(15-27)16-8-10-20(25)11-9-16/h2-12,15H,13-14H2,1H3,(H2,26,28). The molecule has 0 aliphatic carbocycles. The fourth-order valence-corrected chi connectivity index (χ4v) is 3.77. The van der Waals surface area contributed by atoms with E-state index in [0.717, 1.165) is 40.1 Å². The molecule has 1 amide bonds. The van der Waals surface area contributed by atoms with Gasteiger partial charge in [0.2, 0.25) is 5.91 Å². The number of carbonyl (C=O) groups excluding carboxylic acids is 1. The van der Waals surface area contributed by atoms with Crippen molar-refractivity contribution in [3.63, 3.8) is 0 Å². The minimum atomic E-state index is -0.431. The fraction of sp³-hybridized carbons (Fsp3) is 0.125. The van der Waals surface area contributed by atoms with Crippen LogP contribution in [0.5, 0.6) is 5.75 Å². The molecule has 0 bridgehead atoms. The largest absolute Gasteiger partial charge is 0.496 e. The van der Waals surface area contributed by atoms with E-state index < -0.39 is 5.91 Å². The molecule has 1 heterocycles. The number of benzene rings is 3. The summed E-state index contributed by atoms with van der Waals surface area (Å²) in [6.07, 6.45) is 2.13. The van der Waals surface area contributed by atoms with Gasteiger partial charge in [0.15, 0.2) is 0 Å². The average Bonchev–Trinajstić information content (AvgIpc) is 2.74. The van der Waals surface area contributed by atoms with Gasteiger partial charge in [-0.05, 0) is 47.0 Å². The monoisotopic (exact) mass is 404 g/mol. The summed E-state index contributed by atoms with van der Waals surface area (Å²) in [5.74, 6) is 0.434. The first kappa shape index (κ1) is 19.1. The molecule has 0 saturated carbocycles. The third kappa shape index (κ3) is 3.98. The molecular formula is C24H21ClN2O2. The molecular weight excluding hydrogens is 384 g/mol. The first-order valence-corrected chi connectivity index (χ1v) is 9.70. The molecule has 0 radical (unpaired) electrons. The number of halogens is 1. The van der Waals surface area contributed by atoms with Gasteiger partial charge in [0.25, 0.3) is 0 Å². The van der Waals surface area contributed by atoms with Crippen LogP contribution in [0.2, 0.25) is 5.02 Å². The van der Waals surface area contributed by atoms with Gasteiger partial charge in [0.05, 0.1) is 7.11 Å². The molecule has 3 aromatic carbocycles. The molecule has 4 rings (SSSR count). The Morgan fingerprint density at radius 2 is 1.86 bits per heavy atom. The van der Waals surface area contributed by atoms with Gasteiger partial charge >= 0.3 is 0 Å². The van der Waals surface area contributed by atoms with Crippen molar-refractivity contribution in [2.45, 2.75) is 13.1 Å². The minimum Gasteiger partial charge on any atom is -0.496 e. The van der Waals surface area contributed by atoms with Crippen LogP contribution in [0.4, 0.5) is 0 Å². The van der Waals surface area contributed by atoms with E-state index in [1.807, 2.05) is 54.6 Å². The van der Waals surface area contributed by atoms with E-state index in [9.17, 15) is 4.79 Å². The molecule has 0 aromatic heterocycles. The maximum atomic E-state index is 11.7. The zero-order valence-corrected chi connectivity index (χ0v) is 16.8. The number of primary amides is 1. The Kier molecular flexibility index (Phi) is 5.28. The predicted octanol–water partition coefficient (Wildman–Crippen LogP) is 4.85. The first-order valence-electron chi connectivity index (χ1n) is 9.32. The minimum absolute atomic E-state index is 0.431. The maximum Gasteiger partial charge on any atom is 0.248 e. The summed E-state index contributed by atoms with van der Waals surface area (Å²) in [4.78, 5) is 14.0. The van der Waals surface area contributed by atoms with Crippen molar-refractivity contribution in [1.82, 2.24) is 4.90 Å². The van der Waals surface area contributed by atoms with Crippen LogP contribution >= 0.6 is 11.6 Å². The molecule has 0 atom stereocenters. The highest BCUT2D eigenvalue weighted by Gasteiger charge is 2.21. The summed E-state index contributed by atoms with van der Waals surface area (Å²) in [5.41, 5.74) is 11.3. The first-order chi connectivity index (χ1) is 14.0. The zero-order valence-electron chi connectivity index (χ0n) is 16.1. The van der Waals surface area contributed by atoms with Gasteiger partial charge in [0.1, 0.15) is 5.75 Å². The molecule has 3 aromatic rings. The summed E-state index contributed by atoms with van der Waals surface area (Å²) in [6, 6.07) is 21.4. The van der Waals surface area contributed by atoms with Gasteiger partial charge in [-0.15, -0.1) is 0 Å². The number of ether oxygens (including phenoxy) is 1. The Labute approximate surface area is 175 Å². The van der Waals surface area contributed by atoms with Crippen LogP contribution in [0.3, 0.4) is 0 Å². The Morgan fingerprint density at radius 3 is 2.59 bits per heavy atom. The summed E-state index contributed by atoms with van der Waals surface area (Å²) >= 11 is 6.08. The summed E-state index contributed by atoms with van der Waals surface area (Å²) in [7, 11) is 1.69. The van der Waals surface area contributed by atoms with Crippen LogP contribution in [0.1, 0.15) is 32.6 Å². The normalized spacial score (nSPS) is 12.9. The van der Waals surface area contributed by atoms with Crippen LogP contribution in [0, 0.1) is 0 Å². The molecule has 0 saturated heterocycles. The molecule has 0 fully saturated rings. The van der Waals surface area contributed by atoms with E-state index in [-0.39, 0.29) is 0 Å². The Morgan fingerprint density at radius 1 is 1.10 bits per heavy atom. The summed E-state index contributed by atoms with van der Waals surface area (Å²) < 4.78 is 5.51. The number of rotatable bonds is 5. The average molecular weight is 405 g/mol. The van der Waals surface area contributed by atoms with Crippen LogP contribution in [-0.4, -0.2) is 17.9 Å². The molecule has 1 aliphatic rings. The number of nitrogens with zero attached hydrogens (tertiary/aromatic N) is 1. The third-order valence-electron chi connectivity index (χ3n) is 5.09. The predicted molar refractivity (Wildman–Crippen MR) is 116 cm³/mol. The molecule has 146 valence electrons. The van der Waals surface area contributed by atoms with E-state index in [0.29, 0.717) is 17.1 Å². The lowest BCUT2D eigenvalue weighted by Crippen LogP contribution is -2.23. The Bertz CT molecular complexity index is 1090. The van der Waals surface area contributed by atoms with Crippen LogP contribution in [0.15, 0.2) is 72.9 Å². The Hall–Kier alpha value is -3.24. The second-order valence-electron chi connectivity index (χ2n) is 7.00. The van der Waals surface area contributed by atoms with Crippen molar-refractivity contribution in [3.05, 3.63) is 106 Å². The number of carbonyl (C=O) groups is 1. The highest BCUT2D eigenvalue weighted by Crippen LogP contribution is 2.34. The highest BCUT2D eigenvalue weighted by molar-refractivity contribution is 6.30. The lowest BCUT2D eigenvalue weighted by molar-refractivity contribution is 0.1000. The number of para-hydroxylation sites is 1. The zero-order chi connectivity index (χ0) is 20.4. The van der Waals surface area contributed by atoms with E-state index >= 15 is 0 Å². The Balaban J connectivity index is 1.77. The number of hydrogen-bond acceptors (Lipinski definition) is 3. The number of methoxy groups -OCH3 is 1. The van der Waals surface area contributed by atoms with Crippen LogP contribution in [-0.2, 0) is 13.1 Å². The summed E-state index contributed by atoms with van der Waals surface area (Å²) in [5, 5.41) is 0.683. The van der Waals surface area contributed by atoms with Crippen LogP contribution in [0.25, 0.3) is 5.57 Å². The van der Waals surface area contributed by atoms with E-state index in [1.54, 1.807) is 13.2 Å². The van der Waals surface area contributed by atoms with E-state index in [1.165, 1.54) is 0 Å². The van der Waals surface area contributed by atoms with Crippen molar-refractivity contribution in [3.8, 4) is 5.75 Å². The fourth-order valence-electron chi connectivity index (χ4n) is 3.65. The second kappa shape index (κ2) is 8.02. The maximum absolute atomic E-state index is 11.7. The van der Waals surface area contributed by atoms with Gasteiger partial charge in [0, 0.05) is 41.0 Å².